The maximum Gasteiger partial charge on any atom is 0.422 e. The molecule has 1 unspecified atom stereocenters. The number of nitrogens with two attached hydrogens (primary N) is 1. The van der Waals surface area contributed by atoms with E-state index >= 15 is 0 Å². The van der Waals surface area contributed by atoms with E-state index in [1.54, 1.807) is 0 Å². The normalized spacial score (nSPS) is 12.6. The summed E-state index contributed by atoms with van der Waals surface area (Å²) in [5, 5.41) is 6.30. The number of benzene rings is 1. The summed E-state index contributed by atoms with van der Waals surface area (Å²) in [6.45, 7) is 3.14. The monoisotopic (exact) mass is 524 g/mol. The molecule has 0 saturated carbocycles. The molecular formula is C24H24F4N4O5. The van der Waals surface area contributed by atoms with E-state index in [0.717, 1.165) is 6.07 Å². The minimum atomic E-state index is -4.48. The van der Waals surface area contributed by atoms with Crippen LogP contribution in [0.1, 0.15) is 49.4 Å². The van der Waals surface area contributed by atoms with Crippen LogP contribution in [0.4, 0.5) is 17.6 Å². The van der Waals surface area contributed by atoms with Crippen LogP contribution in [0.3, 0.4) is 0 Å². The highest BCUT2D eigenvalue weighted by Crippen LogP contribution is 2.29. The Hall–Kier alpha value is -4.16. The van der Waals surface area contributed by atoms with E-state index < -0.39 is 42.1 Å². The number of hydrogen-bond donors (Lipinski definition) is 2. The Morgan fingerprint density at radius 2 is 1.89 bits per heavy atom. The van der Waals surface area contributed by atoms with Crippen molar-refractivity contribution in [2.75, 3.05) is 6.61 Å². The molecule has 3 rings (SSSR count). The van der Waals surface area contributed by atoms with Gasteiger partial charge < -0.3 is 25.0 Å². The van der Waals surface area contributed by atoms with Crippen molar-refractivity contribution in [3.63, 3.8) is 0 Å². The molecule has 1 atom stereocenters. The van der Waals surface area contributed by atoms with Gasteiger partial charge in [0.25, 0.3) is 5.91 Å². The number of amides is 2. The molecule has 1 aromatic carbocycles. The number of carbonyl (C=O) groups is 2. The summed E-state index contributed by atoms with van der Waals surface area (Å²) in [5.74, 6) is -2.08. The molecule has 0 aliphatic carbocycles. The Balaban J connectivity index is 1.70. The van der Waals surface area contributed by atoms with Gasteiger partial charge in [-0.3, -0.25) is 9.59 Å². The van der Waals surface area contributed by atoms with Crippen molar-refractivity contribution in [1.82, 2.24) is 15.5 Å². The maximum atomic E-state index is 14.7. The van der Waals surface area contributed by atoms with E-state index in [4.69, 9.17) is 15.0 Å². The molecule has 2 heterocycles. The topological polar surface area (TPSA) is 130 Å². The molecule has 3 N–H and O–H groups in total. The van der Waals surface area contributed by atoms with Gasteiger partial charge >= 0.3 is 6.18 Å². The third kappa shape index (κ3) is 7.18. The van der Waals surface area contributed by atoms with E-state index in [1.807, 2.05) is 6.92 Å². The summed E-state index contributed by atoms with van der Waals surface area (Å²) in [6.07, 6.45) is -3.46. The van der Waals surface area contributed by atoms with Crippen LogP contribution in [0.5, 0.6) is 11.6 Å². The minimum Gasteiger partial charge on any atom is -0.481 e. The predicted molar refractivity (Wildman–Crippen MR) is 122 cm³/mol. The van der Waals surface area contributed by atoms with Crippen LogP contribution in [0.15, 0.2) is 47.1 Å². The molecule has 0 spiro atoms. The predicted octanol–water partition coefficient (Wildman–Crippen LogP) is 4.34. The van der Waals surface area contributed by atoms with Crippen LogP contribution in [0.2, 0.25) is 0 Å². The number of alkyl halides is 3. The molecule has 2 aromatic heterocycles. The fourth-order valence-electron chi connectivity index (χ4n) is 3.03. The molecule has 0 saturated heterocycles. The largest absolute Gasteiger partial charge is 0.481 e. The first-order valence-corrected chi connectivity index (χ1v) is 11.0. The lowest BCUT2D eigenvalue weighted by Gasteiger charge is -2.22. The van der Waals surface area contributed by atoms with Crippen molar-refractivity contribution in [2.45, 2.75) is 45.0 Å². The number of pyridine rings is 1. The van der Waals surface area contributed by atoms with E-state index in [2.05, 4.69) is 20.2 Å². The molecule has 0 radical (unpaired) electrons. The SMILES string of the molecule is CCC(Oc1ccc(OCC(F)(F)F)nc1)c1cc(-c2ccc(C(=O)NC(C)(C)C(N)=O)c(F)c2)no1. The van der Waals surface area contributed by atoms with Gasteiger partial charge in [-0.15, -0.1) is 0 Å². The van der Waals surface area contributed by atoms with Crippen molar-refractivity contribution in [2.24, 2.45) is 5.73 Å². The van der Waals surface area contributed by atoms with Gasteiger partial charge in [-0.1, -0.05) is 18.1 Å². The second-order valence-electron chi connectivity index (χ2n) is 8.50. The lowest BCUT2D eigenvalue weighted by molar-refractivity contribution is -0.154. The number of primary amides is 1. The third-order valence-corrected chi connectivity index (χ3v) is 5.14. The van der Waals surface area contributed by atoms with Crippen LogP contribution in [0, 0.1) is 5.82 Å². The number of aromatic nitrogens is 2. The summed E-state index contributed by atoms with van der Waals surface area (Å²) in [4.78, 5) is 27.6. The number of nitrogens with zero attached hydrogens (tertiary/aromatic N) is 2. The van der Waals surface area contributed by atoms with Gasteiger partial charge in [-0.05, 0) is 38.5 Å². The summed E-state index contributed by atoms with van der Waals surface area (Å²) in [6, 6.07) is 7.98. The molecule has 9 nitrogen and oxygen atoms in total. The van der Waals surface area contributed by atoms with Crippen molar-refractivity contribution in [3.05, 3.63) is 59.7 Å². The first kappa shape index (κ1) is 27.4. The highest BCUT2D eigenvalue weighted by molar-refractivity contribution is 5.99. The molecule has 0 fully saturated rings. The number of nitrogens with one attached hydrogen (secondary N) is 1. The van der Waals surface area contributed by atoms with Crippen LogP contribution in [0.25, 0.3) is 11.3 Å². The fourth-order valence-corrected chi connectivity index (χ4v) is 3.03. The van der Waals surface area contributed by atoms with E-state index in [1.165, 1.54) is 50.4 Å². The molecule has 0 aliphatic heterocycles. The fraction of sp³-hybridized carbons (Fsp3) is 0.333. The van der Waals surface area contributed by atoms with E-state index in [0.29, 0.717) is 17.7 Å². The Labute approximate surface area is 208 Å². The number of ether oxygens (including phenoxy) is 2. The standard InChI is InChI=1S/C24H24F4N4O5/c1-4-18(36-14-6-8-20(30-11-14)35-12-24(26,27)28)19-10-17(32-37-19)13-5-7-15(16(25)9-13)21(33)31-23(2,3)22(29)34/h5-11,18H,4,12H2,1-3H3,(H2,29,34)(H,31,33). The molecule has 13 heteroatoms. The molecular weight excluding hydrogens is 500 g/mol. The average Bonchev–Trinajstić information content (AvgIpc) is 3.31. The van der Waals surface area contributed by atoms with Gasteiger partial charge in [0.2, 0.25) is 11.8 Å². The van der Waals surface area contributed by atoms with Crippen LogP contribution in [-0.2, 0) is 4.79 Å². The van der Waals surface area contributed by atoms with Gasteiger partial charge in [-0.25, -0.2) is 9.37 Å². The van der Waals surface area contributed by atoms with Gasteiger partial charge in [0.1, 0.15) is 22.8 Å². The minimum absolute atomic E-state index is 0.211. The highest BCUT2D eigenvalue weighted by atomic mass is 19.4. The first-order chi connectivity index (χ1) is 17.3. The van der Waals surface area contributed by atoms with E-state index in [9.17, 15) is 27.2 Å². The molecule has 37 heavy (non-hydrogen) atoms. The van der Waals surface area contributed by atoms with Gasteiger partial charge in [0, 0.05) is 17.7 Å². The third-order valence-electron chi connectivity index (χ3n) is 5.14. The number of hydrogen-bond acceptors (Lipinski definition) is 7. The molecule has 3 aromatic rings. The van der Waals surface area contributed by atoms with Crippen molar-refractivity contribution >= 4 is 11.8 Å². The summed E-state index contributed by atoms with van der Waals surface area (Å²) < 4.78 is 67.2. The van der Waals surface area contributed by atoms with Crippen LogP contribution >= 0.6 is 0 Å². The number of halogens is 4. The van der Waals surface area contributed by atoms with Crippen LogP contribution < -0.4 is 20.5 Å². The van der Waals surface area contributed by atoms with Crippen molar-refractivity contribution in [3.8, 4) is 22.9 Å². The summed E-state index contributed by atoms with van der Waals surface area (Å²) in [5.41, 5.74) is 4.17. The Kier molecular flexibility index (Phi) is 8.04. The molecule has 0 aliphatic rings. The zero-order chi connectivity index (χ0) is 27.4. The van der Waals surface area contributed by atoms with Crippen molar-refractivity contribution in [1.29, 1.82) is 0 Å². The average molecular weight is 524 g/mol. The number of rotatable bonds is 10. The summed E-state index contributed by atoms with van der Waals surface area (Å²) >= 11 is 0. The number of carbonyl (C=O) groups excluding carboxylic acids is 2. The molecule has 198 valence electrons. The van der Waals surface area contributed by atoms with Crippen molar-refractivity contribution < 1.29 is 41.1 Å². The van der Waals surface area contributed by atoms with Crippen LogP contribution in [-0.4, -0.2) is 40.3 Å². The Bertz CT molecular complexity index is 1260. The first-order valence-electron chi connectivity index (χ1n) is 11.0. The molecule has 2 amide bonds. The zero-order valence-electron chi connectivity index (χ0n) is 20.1. The smallest absolute Gasteiger partial charge is 0.422 e. The van der Waals surface area contributed by atoms with Gasteiger partial charge in [0.15, 0.2) is 18.5 Å². The maximum absolute atomic E-state index is 14.7. The zero-order valence-corrected chi connectivity index (χ0v) is 20.1. The lowest BCUT2D eigenvalue weighted by atomic mass is 10.0. The Morgan fingerprint density at radius 1 is 1.16 bits per heavy atom. The van der Waals surface area contributed by atoms with E-state index in [-0.39, 0.29) is 22.9 Å². The highest BCUT2D eigenvalue weighted by Gasteiger charge is 2.29. The van der Waals surface area contributed by atoms with Gasteiger partial charge in [0.05, 0.1) is 11.8 Å². The summed E-state index contributed by atoms with van der Waals surface area (Å²) in [7, 11) is 0. The second-order valence-corrected chi connectivity index (χ2v) is 8.50. The molecule has 0 bridgehead atoms. The lowest BCUT2D eigenvalue weighted by Crippen LogP contribution is -2.53. The second kappa shape index (κ2) is 10.8. The quantitative estimate of drug-likeness (QED) is 0.378. The van der Waals surface area contributed by atoms with Gasteiger partial charge in [-0.2, -0.15) is 13.2 Å². The Morgan fingerprint density at radius 3 is 2.46 bits per heavy atom.